The predicted octanol–water partition coefficient (Wildman–Crippen LogP) is 3.13. The summed E-state index contributed by atoms with van der Waals surface area (Å²) in [5.74, 6) is -0.659. The molecule has 2 aromatic carbocycles. The number of aliphatic carboxylic acids is 1. The highest BCUT2D eigenvalue weighted by Gasteiger charge is 2.47. The quantitative estimate of drug-likeness (QED) is 0.896. The van der Waals surface area contributed by atoms with Crippen molar-refractivity contribution >= 4 is 16.7 Å². The molecule has 0 amide bonds. The second kappa shape index (κ2) is 4.91. The predicted molar refractivity (Wildman–Crippen MR) is 79.7 cm³/mol. The SMILES string of the molecule is CNC(c1ccc2cc(C)ccc2c1)C1CC1C(=O)O. The van der Waals surface area contributed by atoms with Crippen LogP contribution in [0, 0.1) is 18.8 Å². The van der Waals surface area contributed by atoms with Crippen molar-refractivity contribution in [1.82, 2.24) is 5.32 Å². The van der Waals surface area contributed by atoms with Crippen molar-refractivity contribution in [3.8, 4) is 0 Å². The van der Waals surface area contributed by atoms with Crippen molar-refractivity contribution in [2.75, 3.05) is 7.05 Å². The Kier molecular flexibility index (Phi) is 3.22. The molecule has 0 bridgehead atoms. The maximum atomic E-state index is 11.0. The smallest absolute Gasteiger partial charge is 0.306 e. The molecule has 0 aromatic heterocycles. The van der Waals surface area contributed by atoms with Crippen LogP contribution in [0.15, 0.2) is 36.4 Å². The van der Waals surface area contributed by atoms with Gasteiger partial charge in [0.25, 0.3) is 0 Å². The van der Waals surface area contributed by atoms with Gasteiger partial charge in [0.1, 0.15) is 0 Å². The maximum Gasteiger partial charge on any atom is 0.306 e. The third-order valence-electron chi connectivity index (χ3n) is 4.28. The van der Waals surface area contributed by atoms with Gasteiger partial charge in [-0.25, -0.2) is 0 Å². The fourth-order valence-corrected chi connectivity index (χ4v) is 3.07. The van der Waals surface area contributed by atoms with E-state index in [2.05, 4.69) is 48.6 Å². The third-order valence-corrected chi connectivity index (χ3v) is 4.28. The van der Waals surface area contributed by atoms with Gasteiger partial charge in [-0.05, 0) is 48.7 Å². The van der Waals surface area contributed by atoms with Crippen LogP contribution < -0.4 is 5.32 Å². The molecule has 20 heavy (non-hydrogen) atoms. The summed E-state index contributed by atoms with van der Waals surface area (Å²) in [6, 6.07) is 12.9. The van der Waals surface area contributed by atoms with Crippen molar-refractivity contribution in [1.29, 1.82) is 0 Å². The molecule has 3 nitrogen and oxygen atoms in total. The van der Waals surface area contributed by atoms with E-state index in [-0.39, 0.29) is 17.9 Å². The van der Waals surface area contributed by atoms with Gasteiger partial charge in [-0.1, -0.05) is 35.9 Å². The first kappa shape index (κ1) is 13.1. The van der Waals surface area contributed by atoms with Crippen LogP contribution in [0.1, 0.15) is 23.6 Å². The molecule has 0 aliphatic heterocycles. The Bertz CT molecular complexity index is 665. The average Bonchev–Trinajstić information content (AvgIpc) is 3.20. The number of carboxylic acids is 1. The Morgan fingerprint density at radius 2 is 1.95 bits per heavy atom. The standard InChI is InChI=1S/C17H19NO2/c1-10-3-4-12-8-13(6-5-11(12)7-10)16(18-2)14-9-15(14)17(19)20/h3-8,14-16,18H,9H2,1-2H3,(H,19,20). The van der Waals surface area contributed by atoms with Gasteiger partial charge in [0.15, 0.2) is 0 Å². The molecule has 3 atom stereocenters. The van der Waals surface area contributed by atoms with Gasteiger partial charge >= 0.3 is 5.97 Å². The van der Waals surface area contributed by atoms with Gasteiger partial charge in [-0.15, -0.1) is 0 Å². The molecular weight excluding hydrogens is 250 g/mol. The molecule has 1 aliphatic carbocycles. The molecule has 1 fully saturated rings. The number of hydrogen-bond acceptors (Lipinski definition) is 2. The fraction of sp³-hybridized carbons (Fsp3) is 0.353. The largest absolute Gasteiger partial charge is 0.481 e. The number of aryl methyl sites for hydroxylation is 1. The maximum absolute atomic E-state index is 11.0. The van der Waals surface area contributed by atoms with E-state index in [4.69, 9.17) is 5.11 Å². The highest BCUT2D eigenvalue weighted by molar-refractivity contribution is 5.84. The van der Waals surface area contributed by atoms with Crippen LogP contribution in [0.3, 0.4) is 0 Å². The average molecular weight is 269 g/mol. The lowest BCUT2D eigenvalue weighted by atomic mass is 9.97. The monoisotopic (exact) mass is 269 g/mol. The summed E-state index contributed by atoms with van der Waals surface area (Å²) in [4.78, 5) is 11.0. The minimum Gasteiger partial charge on any atom is -0.481 e. The summed E-state index contributed by atoms with van der Waals surface area (Å²) in [5.41, 5.74) is 2.43. The van der Waals surface area contributed by atoms with E-state index in [9.17, 15) is 4.79 Å². The Balaban J connectivity index is 1.92. The third kappa shape index (κ3) is 2.29. The molecule has 0 saturated heterocycles. The molecule has 1 saturated carbocycles. The van der Waals surface area contributed by atoms with E-state index >= 15 is 0 Å². The molecule has 2 N–H and O–H groups in total. The summed E-state index contributed by atoms with van der Waals surface area (Å²) in [5, 5.41) is 14.8. The van der Waals surface area contributed by atoms with E-state index in [1.54, 1.807) is 0 Å². The number of rotatable bonds is 4. The van der Waals surface area contributed by atoms with Gasteiger partial charge in [-0.3, -0.25) is 4.79 Å². The van der Waals surface area contributed by atoms with Crippen molar-refractivity contribution in [2.45, 2.75) is 19.4 Å². The first-order valence-corrected chi connectivity index (χ1v) is 7.00. The van der Waals surface area contributed by atoms with Crippen LogP contribution in [0.25, 0.3) is 10.8 Å². The zero-order chi connectivity index (χ0) is 14.3. The summed E-state index contributed by atoms with van der Waals surface area (Å²) in [6.07, 6.45) is 0.771. The van der Waals surface area contributed by atoms with Crippen molar-refractivity contribution in [3.05, 3.63) is 47.5 Å². The van der Waals surface area contributed by atoms with E-state index in [1.165, 1.54) is 21.9 Å². The first-order chi connectivity index (χ1) is 9.60. The second-order valence-corrected chi connectivity index (χ2v) is 5.72. The molecule has 0 spiro atoms. The molecular formula is C17H19NO2. The zero-order valence-corrected chi connectivity index (χ0v) is 11.8. The van der Waals surface area contributed by atoms with Gasteiger partial charge in [0, 0.05) is 6.04 Å². The normalized spacial score (nSPS) is 22.7. The Hall–Kier alpha value is -1.87. The van der Waals surface area contributed by atoms with Gasteiger partial charge in [0.05, 0.1) is 5.92 Å². The summed E-state index contributed by atoms with van der Waals surface area (Å²) >= 11 is 0. The van der Waals surface area contributed by atoms with Gasteiger partial charge in [0.2, 0.25) is 0 Å². The molecule has 2 aromatic rings. The van der Waals surface area contributed by atoms with E-state index in [0.29, 0.717) is 0 Å². The van der Waals surface area contributed by atoms with Crippen LogP contribution in [-0.2, 0) is 4.79 Å². The number of fused-ring (bicyclic) bond motifs is 1. The molecule has 0 heterocycles. The lowest BCUT2D eigenvalue weighted by Crippen LogP contribution is -2.20. The van der Waals surface area contributed by atoms with E-state index in [1.807, 2.05) is 7.05 Å². The minimum atomic E-state index is -0.674. The van der Waals surface area contributed by atoms with Crippen LogP contribution in [0.4, 0.5) is 0 Å². The number of nitrogens with one attached hydrogen (secondary N) is 1. The Morgan fingerprint density at radius 1 is 1.25 bits per heavy atom. The van der Waals surface area contributed by atoms with Gasteiger partial charge in [-0.2, -0.15) is 0 Å². The lowest BCUT2D eigenvalue weighted by molar-refractivity contribution is -0.138. The second-order valence-electron chi connectivity index (χ2n) is 5.72. The molecule has 3 rings (SSSR count). The van der Waals surface area contributed by atoms with Crippen LogP contribution in [-0.4, -0.2) is 18.1 Å². The van der Waals surface area contributed by atoms with Crippen LogP contribution in [0.5, 0.6) is 0 Å². The first-order valence-electron chi connectivity index (χ1n) is 7.00. The Labute approximate surface area is 118 Å². The highest BCUT2D eigenvalue weighted by Crippen LogP contribution is 2.47. The van der Waals surface area contributed by atoms with Gasteiger partial charge < -0.3 is 10.4 Å². The topological polar surface area (TPSA) is 49.3 Å². The zero-order valence-electron chi connectivity index (χ0n) is 11.8. The summed E-state index contributed by atoms with van der Waals surface area (Å²) in [6.45, 7) is 2.09. The highest BCUT2D eigenvalue weighted by atomic mass is 16.4. The molecule has 0 radical (unpaired) electrons. The van der Waals surface area contributed by atoms with Crippen molar-refractivity contribution in [2.24, 2.45) is 11.8 Å². The molecule has 3 heteroatoms. The lowest BCUT2D eigenvalue weighted by Gasteiger charge is -2.17. The number of carboxylic acid groups (broad SMARTS) is 1. The van der Waals surface area contributed by atoms with Crippen LogP contribution >= 0.6 is 0 Å². The Morgan fingerprint density at radius 3 is 2.60 bits per heavy atom. The van der Waals surface area contributed by atoms with E-state index < -0.39 is 5.97 Å². The van der Waals surface area contributed by atoms with Crippen molar-refractivity contribution in [3.63, 3.8) is 0 Å². The molecule has 1 aliphatic rings. The van der Waals surface area contributed by atoms with Crippen LogP contribution in [0.2, 0.25) is 0 Å². The number of benzene rings is 2. The summed E-state index contributed by atoms with van der Waals surface area (Å²) in [7, 11) is 1.90. The van der Waals surface area contributed by atoms with Crippen molar-refractivity contribution < 1.29 is 9.90 Å². The molecule has 104 valence electrons. The summed E-state index contributed by atoms with van der Waals surface area (Å²) < 4.78 is 0. The van der Waals surface area contributed by atoms with E-state index in [0.717, 1.165) is 6.42 Å². The molecule has 3 unspecified atom stereocenters. The number of hydrogen-bond donors (Lipinski definition) is 2. The fourth-order valence-electron chi connectivity index (χ4n) is 3.07. The number of carbonyl (C=O) groups is 1. The minimum absolute atomic E-state index is 0.127.